The number of aromatic nitrogens is 1. The van der Waals surface area contributed by atoms with E-state index in [4.69, 9.17) is 5.26 Å². The number of aromatic amines is 1. The van der Waals surface area contributed by atoms with Crippen LogP contribution in [0, 0.1) is 17.1 Å². The van der Waals surface area contributed by atoms with Crippen molar-refractivity contribution >= 4 is 16.5 Å². The number of aryl methyl sites for hydroxylation is 1. The van der Waals surface area contributed by atoms with E-state index in [0.717, 1.165) is 56.7 Å². The van der Waals surface area contributed by atoms with Crippen molar-refractivity contribution in [1.29, 1.82) is 5.26 Å². The Hall–Kier alpha value is -3.17. The molecule has 0 bridgehead atoms. The number of nitriles is 1. The molecule has 5 nitrogen and oxygen atoms in total. The number of H-pyrrole nitrogens is 1. The van der Waals surface area contributed by atoms with Gasteiger partial charge in [0.15, 0.2) is 0 Å². The Bertz CT molecular complexity index is 1110. The minimum atomic E-state index is -0.474. The first-order valence-electron chi connectivity index (χ1n) is 10.4. The highest BCUT2D eigenvalue weighted by Gasteiger charge is 2.18. The molecule has 0 unspecified atom stereocenters. The normalized spacial score (nSPS) is 15.2. The van der Waals surface area contributed by atoms with E-state index in [-0.39, 0.29) is 10.9 Å². The van der Waals surface area contributed by atoms with Gasteiger partial charge >= 0.3 is 0 Å². The number of piperidine rings is 1. The molecule has 1 aliphatic rings. The summed E-state index contributed by atoms with van der Waals surface area (Å²) in [5, 5.41) is 13.2. The molecule has 2 N–H and O–H groups in total. The zero-order valence-corrected chi connectivity index (χ0v) is 16.8. The highest BCUT2D eigenvalue weighted by molar-refractivity contribution is 5.82. The Labute approximate surface area is 175 Å². The van der Waals surface area contributed by atoms with Crippen molar-refractivity contribution in [3.05, 3.63) is 76.0 Å². The second-order valence-corrected chi connectivity index (χ2v) is 7.88. The zero-order valence-electron chi connectivity index (χ0n) is 16.8. The van der Waals surface area contributed by atoms with Crippen LogP contribution in [0.25, 0.3) is 10.8 Å². The smallest absolute Gasteiger partial charge is 0.258 e. The molecule has 1 fully saturated rings. The van der Waals surface area contributed by atoms with Gasteiger partial charge in [-0.3, -0.25) is 4.79 Å². The van der Waals surface area contributed by atoms with Gasteiger partial charge in [0.05, 0.1) is 17.0 Å². The summed E-state index contributed by atoms with van der Waals surface area (Å²) in [5.41, 5.74) is 2.24. The van der Waals surface area contributed by atoms with E-state index in [1.807, 2.05) is 30.3 Å². The van der Waals surface area contributed by atoms with Gasteiger partial charge in [-0.25, -0.2) is 4.39 Å². The number of nitrogens with zero attached hydrogens (tertiary/aromatic N) is 2. The van der Waals surface area contributed by atoms with Crippen LogP contribution >= 0.6 is 0 Å². The maximum atomic E-state index is 13.8. The minimum Gasteiger partial charge on any atom is -0.382 e. The lowest BCUT2D eigenvalue weighted by Crippen LogP contribution is -2.39. The molecule has 1 aliphatic heterocycles. The molecule has 0 aliphatic carbocycles. The highest BCUT2D eigenvalue weighted by Crippen LogP contribution is 2.18. The SMILES string of the molecule is N#Cc1ccc(NC2CCN(CCCc3cc4cccc(F)c4c(=O)[nH]3)CC2)cc1. The Morgan fingerprint density at radius 3 is 2.67 bits per heavy atom. The molecule has 6 heteroatoms. The van der Waals surface area contributed by atoms with Crippen LogP contribution in [0.5, 0.6) is 0 Å². The molecule has 3 aromatic rings. The molecular weight excluding hydrogens is 379 g/mol. The number of pyridine rings is 1. The topological polar surface area (TPSA) is 71.9 Å². The Balaban J connectivity index is 1.24. The predicted octanol–water partition coefficient (Wildman–Crippen LogP) is 4.05. The van der Waals surface area contributed by atoms with Crippen molar-refractivity contribution in [2.75, 3.05) is 25.0 Å². The fraction of sp³-hybridized carbons (Fsp3) is 0.333. The van der Waals surface area contributed by atoms with Crippen molar-refractivity contribution in [1.82, 2.24) is 9.88 Å². The van der Waals surface area contributed by atoms with E-state index >= 15 is 0 Å². The number of hydrogen-bond donors (Lipinski definition) is 2. The van der Waals surface area contributed by atoms with Crippen LogP contribution in [0.3, 0.4) is 0 Å². The second kappa shape index (κ2) is 9.10. The molecule has 30 heavy (non-hydrogen) atoms. The van der Waals surface area contributed by atoms with E-state index in [1.54, 1.807) is 12.1 Å². The summed E-state index contributed by atoms with van der Waals surface area (Å²) in [6.45, 7) is 3.05. The molecule has 0 spiro atoms. The lowest BCUT2D eigenvalue weighted by atomic mass is 10.0. The second-order valence-electron chi connectivity index (χ2n) is 7.88. The Morgan fingerprint density at radius 2 is 1.93 bits per heavy atom. The average molecular weight is 404 g/mol. The number of fused-ring (bicyclic) bond motifs is 1. The van der Waals surface area contributed by atoms with E-state index in [1.165, 1.54) is 6.07 Å². The van der Waals surface area contributed by atoms with Gasteiger partial charge < -0.3 is 15.2 Å². The first-order valence-corrected chi connectivity index (χ1v) is 10.4. The van der Waals surface area contributed by atoms with Crippen molar-refractivity contribution in [3.8, 4) is 6.07 Å². The number of likely N-dealkylation sites (tertiary alicyclic amines) is 1. The van der Waals surface area contributed by atoms with Crippen LogP contribution in [0.15, 0.2) is 53.3 Å². The summed E-state index contributed by atoms with van der Waals surface area (Å²) < 4.78 is 13.8. The lowest BCUT2D eigenvalue weighted by Gasteiger charge is -2.32. The van der Waals surface area contributed by atoms with Gasteiger partial charge in [0, 0.05) is 30.5 Å². The fourth-order valence-electron chi connectivity index (χ4n) is 4.14. The zero-order chi connectivity index (χ0) is 20.9. The molecule has 154 valence electrons. The average Bonchev–Trinajstić information content (AvgIpc) is 2.75. The molecule has 2 aromatic carbocycles. The summed E-state index contributed by atoms with van der Waals surface area (Å²) in [4.78, 5) is 17.5. The first kappa shape index (κ1) is 20.1. The quantitative estimate of drug-likeness (QED) is 0.650. The molecule has 1 aromatic heterocycles. The van der Waals surface area contributed by atoms with Gasteiger partial charge in [-0.1, -0.05) is 12.1 Å². The van der Waals surface area contributed by atoms with E-state index in [2.05, 4.69) is 21.3 Å². The highest BCUT2D eigenvalue weighted by atomic mass is 19.1. The molecule has 1 saturated heterocycles. The van der Waals surface area contributed by atoms with Crippen molar-refractivity contribution in [2.24, 2.45) is 0 Å². The van der Waals surface area contributed by atoms with Crippen LogP contribution in [0.2, 0.25) is 0 Å². The lowest BCUT2D eigenvalue weighted by molar-refractivity contribution is 0.217. The summed E-state index contributed by atoms with van der Waals surface area (Å²) >= 11 is 0. The standard InChI is InChI=1S/C24H25FN4O/c25-22-5-1-3-18-15-21(28-24(30)23(18)22)4-2-12-29-13-10-20(11-14-29)27-19-8-6-17(16-26)7-9-19/h1,3,5-9,15,20,27H,2,4,10-14H2,(H,28,30). The minimum absolute atomic E-state index is 0.137. The van der Waals surface area contributed by atoms with Crippen LogP contribution < -0.4 is 10.9 Å². The molecule has 0 saturated carbocycles. The number of nitrogens with one attached hydrogen (secondary N) is 2. The third-order valence-corrected chi connectivity index (χ3v) is 5.77. The molecule has 0 atom stereocenters. The molecule has 0 amide bonds. The molecule has 0 radical (unpaired) electrons. The molecule has 4 rings (SSSR count). The fourth-order valence-corrected chi connectivity index (χ4v) is 4.14. The van der Waals surface area contributed by atoms with E-state index < -0.39 is 5.82 Å². The number of halogens is 1. The monoisotopic (exact) mass is 404 g/mol. The van der Waals surface area contributed by atoms with Gasteiger partial charge in [-0.05, 0) is 74.0 Å². The summed E-state index contributed by atoms with van der Waals surface area (Å²) in [6.07, 6.45) is 3.87. The summed E-state index contributed by atoms with van der Waals surface area (Å²) in [5.74, 6) is -0.474. The molecular formula is C24H25FN4O. The van der Waals surface area contributed by atoms with Crippen LogP contribution in [0.1, 0.15) is 30.5 Å². The van der Waals surface area contributed by atoms with Gasteiger partial charge in [-0.15, -0.1) is 0 Å². The summed E-state index contributed by atoms with van der Waals surface area (Å²) in [7, 11) is 0. The van der Waals surface area contributed by atoms with Crippen LogP contribution in [-0.4, -0.2) is 35.6 Å². The number of benzene rings is 2. The number of anilines is 1. The third-order valence-electron chi connectivity index (χ3n) is 5.77. The molecule has 2 heterocycles. The van der Waals surface area contributed by atoms with Crippen molar-refractivity contribution in [3.63, 3.8) is 0 Å². The Morgan fingerprint density at radius 1 is 1.17 bits per heavy atom. The first-order chi connectivity index (χ1) is 14.6. The van der Waals surface area contributed by atoms with E-state index in [0.29, 0.717) is 17.0 Å². The van der Waals surface area contributed by atoms with E-state index in [9.17, 15) is 9.18 Å². The van der Waals surface area contributed by atoms with Gasteiger partial charge in [0.1, 0.15) is 5.82 Å². The summed E-state index contributed by atoms with van der Waals surface area (Å²) in [6, 6.07) is 16.8. The van der Waals surface area contributed by atoms with Crippen LogP contribution in [0.4, 0.5) is 10.1 Å². The number of rotatable bonds is 6. The Kier molecular flexibility index (Phi) is 6.10. The number of hydrogen-bond acceptors (Lipinski definition) is 4. The maximum absolute atomic E-state index is 13.8. The largest absolute Gasteiger partial charge is 0.382 e. The van der Waals surface area contributed by atoms with Gasteiger partial charge in [0.2, 0.25) is 0 Å². The van der Waals surface area contributed by atoms with Crippen molar-refractivity contribution < 1.29 is 4.39 Å². The van der Waals surface area contributed by atoms with Crippen LogP contribution in [-0.2, 0) is 6.42 Å². The maximum Gasteiger partial charge on any atom is 0.258 e. The van der Waals surface area contributed by atoms with Gasteiger partial charge in [0.25, 0.3) is 5.56 Å². The predicted molar refractivity (Wildman–Crippen MR) is 117 cm³/mol. The third kappa shape index (κ3) is 4.69. The van der Waals surface area contributed by atoms with Crippen molar-refractivity contribution in [2.45, 2.75) is 31.7 Å². The van der Waals surface area contributed by atoms with Gasteiger partial charge in [-0.2, -0.15) is 5.26 Å².